The molecule has 0 N–H and O–H groups in total. The van der Waals surface area contributed by atoms with E-state index in [0.29, 0.717) is 0 Å². The number of para-hydroxylation sites is 1. The van der Waals surface area contributed by atoms with Crippen LogP contribution in [0.2, 0.25) is 0 Å². The zero-order chi connectivity index (χ0) is 19.8. The maximum Gasteiger partial charge on any atom is 0.228 e. The summed E-state index contributed by atoms with van der Waals surface area (Å²) in [6.45, 7) is 4.47. The van der Waals surface area contributed by atoms with Crippen LogP contribution in [0, 0.1) is 0 Å². The van der Waals surface area contributed by atoms with Crippen molar-refractivity contribution in [3.8, 4) is 5.75 Å². The van der Waals surface area contributed by atoms with Gasteiger partial charge >= 0.3 is 0 Å². The molecule has 4 aromatic rings. The number of aliphatic imine (C=N–C) groups is 1. The highest BCUT2D eigenvalue weighted by atomic mass is 16.5. The minimum atomic E-state index is -0.645. The largest absolute Gasteiger partial charge is 0.459 e. The predicted molar refractivity (Wildman–Crippen MR) is 121 cm³/mol. The van der Waals surface area contributed by atoms with Gasteiger partial charge in [0.1, 0.15) is 11.4 Å². The van der Waals surface area contributed by atoms with Crippen LogP contribution < -0.4 is 9.64 Å². The van der Waals surface area contributed by atoms with E-state index in [1.165, 1.54) is 27.4 Å². The number of likely N-dealkylation sites (N-methyl/N-ethyl adjacent to an activating group) is 1. The van der Waals surface area contributed by atoms with Crippen LogP contribution >= 0.6 is 0 Å². The molecular formula is C26H22N2O. The summed E-state index contributed by atoms with van der Waals surface area (Å²) >= 11 is 0. The summed E-state index contributed by atoms with van der Waals surface area (Å²) in [6.07, 6.45) is 2.00. The number of fused-ring (bicyclic) bond motifs is 5. The van der Waals surface area contributed by atoms with Crippen molar-refractivity contribution in [3.05, 3.63) is 78.4 Å². The fraction of sp³-hybridized carbons (Fsp3) is 0.192. The van der Waals surface area contributed by atoms with E-state index in [-0.39, 0.29) is 5.41 Å². The van der Waals surface area contributed by atoms with Crippen molar-refractivity contribution in [2.75, 3.05) is 11.9 Å². The predicted octanol–water partition coefficient (Wildman–Crippen LogP) is 6.21. The lowest BCUT2D eigenvalue weighted by Crippen LogP contribution is -2.61. The molecule has 142 valence electrons. The zero-order valence-electron chi connectivity index (χ0n) is 16.8. The Labute approximate surface area is 170 Å². The highest BCUT2D eigenvalue weighted by Crippen LogP contribution is 2.54. The SMILES string of the molecule is CN1c2ccccc2C(C)(C)[C@]12C=Nc1c(ccc3cc4ccccc4cc13)O2. The highest BCUT2D eigenvalue weighted by Gasteiger charge is 2.58. The number of ether oxygens (including phenoxy) is 1. The van der Waals surface area contributed by atoms with Crippen LogP contribution in [-0.4, -0.2) is 19.0 Å². The first kappa shape index (κ1) is 16.6. The van der Waals surface area contributed by atoms with Crippen molar-refractivity contribution in [2.24, 2.45) is 4.99 Å². The van der Waals surface area contributed by atoms with Gasteiger partial charge in [0.15, 0.2) is 0 Å². The minimum Gasteiger partial charge on any atom is -0.459 e. The van der Waals surface area contributed by atoms with E-state index < -0.39 is 5.72 Å². The molecule has 0 bridgehead atoms. The molecule has 0 amide bonds. The first-order valence-corrected chi connectivity index (χ1v) is 10.0. The lowest BCUT2D eigenvalue weighted by Gasteiger charge is -2.45. The van der Waals surface area contributed by atoms with E-state index in [1.54, 1.807) is 0 Å². The summed E-state index contributed by atoms with van der Waals surface area (Å²) in [6, 6.07) is 25.6. The Morgan fingerprint density at radius 3 is 2.34 bits per heavy atom. The van der Waals surface area contributed by atoms with Crippen LogP contribution in [0.25, 0.3) is 21.5 Å². The maximum absolute atomic E-state index is 6.79. The molecule has 0 unspecified atom stereocenters. The Morgan fingerprint density at radius 2 is 1.55 bits per heavy atom. The van der Waals surface area contributed by atoms with Gasteiger partial charge in [0.05, 0.1) is 11.6 Å². The molecule has 3 nitrogen and oxygen atoms in total. The van der Waals surface area contributed by atoms with Crippen molar-refractivity contribution in [1.29, 1.82) is 0 Å². The third-order valence-electron chi connectivity index (χ3n) is 6.79. The molecule has 0 fully saturated rings. The van der Waals surface area contributed by atoms with Gasteiger partial charge in [0, 0.05) is 18.1 Å². The maximum atomic E-state index is 6.79. The average molecular weight is 378 g/mol. The quantitative estimate of drug-likeness (QED) is 0.340. The molecule has 1 spiro atoms. The Kier molecular flexibility index (Phi) is 3.08. The number of nitrogens with zero attached hydrogens (tertiary/aromatic N) is 2. The number of hydrogen-bond donors (Lipinski definition) is 0. The minimum absolute atomic E-state index is 0.238. The van der Waals surface area contributed by atoms with Crippen molar-refractivity contribution in [1.82, 2.24) is 0 Å². The van der Waals surface area contributed by atoms with E-state index in [2.05, 4.69) is 98.6 Å². The van der Waals surface area contributed by atoms with Crippen LogP contribution in [0.5, 0.6) is 5.75 Å². The molecule has 2 heterocycles. The summed E-state index contributed by atoms with van der Waals surface area (Å²) in [4.78, 5) is 7.22. The fourth-order valence-electron chi connectivity index (χ4n) is 5.07. The topological polar surface area (TPSA) is 24.8 Å². The molecule has 1 atom stereocenters. The van der Waals surface area contributed by atoms with Gasteiger partial charge in [-0.3, -0.25) is 4.99 Å². The fourth-order valence-corrected chi connectivity index (χ4v) is 5.07. The van der Waals surface area contributed by atoms with Gasteiger partial charge < -0.3 is 9.64 Å². The van der Waals surface area contributed by atoms with Crippen molar-refractivity contribution in [2.45, 2.75) is 25.0 Å². The van der Waals surface area contributed by atoms with Gasteiger partial charge in [-0.1, -0.05) is 48.5 Å². The lowest BCUT2D eigenvalue weighted by atomic mass is 9.77. The second-order valence-corrected chi connectivity index (χ2v) is 8.59. The van der Waals surface area contributed by atoms with E-state index in [4.69, 9.17) is 9.73 Å². The standard InChI is InChI=1S/C26H22N2O/c1-25(2)21-10-6-7-11-22(21)28(3)26(25)16-27-24-20-15-18-9-5-4-8-17(18)14-19(20)12-13-23(24)29-26/h4-16H,1-3H3/t26-/m1/s1. The van der Waals surface area contributed by atoms with Gasteiger partial charge in [0.25, 0.3) is 0 Å². The Balaban J connectivity index is 1.56. The molecule has 0 aliphatic carbocycles. The monoisotopic (exact) mass is 378 g/mol. The molecule has 4 aromatic carbocycles. The third-order valence-corrected chi connectivity index (χ3v) is 6.79. The number of benzene rings is 4. The summed E-state index contributed by atoms with van der Waals surface area (Å²) in [5.74, 6) is 0.836. The molecule has 0 radical (unpaired) electrons. The average Bonchev–Trinajstić information content (AvgIpc) is 2.91. The summed E-state index contributed by atoms with van der Waals surface area (Å²) in [7, 11) is 2.10. The summed E-state index contributed by atoms with van der Waals surface area (Å²) in [5, 5.41) is 4.77. The number of anilines is 1. The normalized spacial score (nSPS) is 21.4. The van der Waals surface area contributed by atoms with Crippen LogP contribution in [0.4, 0.5) is 11.4 Å². The molecule has 6 rings (SSSR count). The van der Waals surface area contributed by atoms with Gasteiger partial charge in [0.2, 0.25) is 5.72 Å². The first-order valence-electron chi connectivity index (χ1n) is 10.0. The second-order valence-electron chi connectivity index (χ2n) is 8.59. The lowest BCUT2D eigenvalue weighted by molar-refractivity contribution is 0.0826. The second kappa shape index (κ2) is 5.38. The molecule has 0 aromatic heterocycles. The van der Waals surface area contributed by atoms with Crippen molar-refractivity contribution >= 4 is 39.1 Å². The zero-order valence-corrected chi connectivity index (χ0v) is 16.8. The molecule has 3 heteroatoms. The van der Waals surface area contributed by atoms with E-state index in [0.717, 1.165) is 16.8 Å². The van der Waals surface area contributed by atoms with Gasteiger partial charge in [-0.2, -0.15) is 0 Å². The van der Waals surface area contributed by atoms with Gasteiger partial charge in [-0.15, -0.1) is 0 Å². The molecule has 2 aliphatic heterocycles. The number of rotatable bonds is 0. The highest BCUT2D eigenvalue weighted by molar-refractivity contribution is 6.06. The van der Waals surface area contributed by atoms with Gasteiger partial charge in [-0.25, -0.2) is 0 Å². The molecule has 0 saturated heterocycles. The third kappa shape index (κ3) is 2.00. The van der Waals surface area contributed by atoms with Crippen LogP contribution in [0.1, 0.15) is 19.4 Å². The van der Waals surface area contributed by atoms with E-state index in [9.17, 15) is 0 Å². The Hall–Kier alpha value is -3.33. The van der Waals surface area contributed by atoms with E-state index >= 15 is 0 Å². The molecular weight excluding hydrogens is 356 g/mol. The van der Waals surface area contributed by atoms with Crippen LogP contribution in [-0.2, 0) is 5.41 Å². The van der Waals surface area contributed by atoms with E-state index in [1.807, 2.05) is 6.21 Å². The molecule has 0 saturated carbocycles. The summed E-state index contributed by atoms with van der Waals surface area (Å²) < 4.78 is 6.79. The smallest absolute Gasteiger partial charge is 0.228 e. The van der Waals surface area contributed by atoms with Crippen LogP contribution in [0.3, 0.4) is 0 Å². The van der Waals surface area contributed by atoms with Gasteiger partial charge in [-0.05, 0) is 59.8 Å². The molecule has 29 heavy (non-hydrogen) atoms. The van der Waals surface area contributed by atoms with Crippen LogP contribution in [0.15, 0.2) is 77.8 Å². The first-order chi connectivity index (χ1) is 14.0. The Bertz CT molecular complexity index is 1340. The molecule has 2 aliphatic rings. The van der Waals surface area contributed by atoms with Crippen molar-refractivity contribution < 1.29 is 4.74 Å². The van der Waals surface area contributed by atoms with Crippen molar-refractivity contribution in [3.63, 3.8) is 0 Å². The number of hydrogen-bond acceptors (Lipinski definition) is 3. The Morgan fingerprint density at radius 1 is 0.828 bits per heavy atom. The summed E-state index contributed by atoms with van der Waals surface area (Å²) in [5.41, 5.74) is 2.51.